The number of benzene rings is 1. The number of aryl methyl sites for hydroxylation is 1. The monoisotopic (exact) mass is 538 g/mol. The van der Waals surface area contributed by atoms with Crippen LogP contribution >= 0.6 is 0 Å². The molecule has 2 aromatic heterocycles. The van der Waals surface area contributed by atoms with Crippen LogP contribution < -0.4 is 10.2 Å². The van der Waals surface area contributed by atoms with Crippen LogP contribution in [-0.2, 0) is 16.4 Å². The van der Waals surface area contributed by atoms with Crippen molar-refractivity contribution in [2.45, 2.75) is 18.2 Å². The molecule has 2 aliphatic heterocycles. The van der Waals surface area contributed by atoms with E-state index in [2.05, 4.69) is 52.0 Å². The fourth-order valence-electron chi connectivity index (χ4n) is 4.44. The van der Waals surface area contributed by atoms with Gasteiger partial charge in [0, 0.05) is 70.5 Å². The maximum Gasteiger partial charge on any atom is 0.243 e. The number of nitrogens with one attached hydrogen (secondary N) is 1. The molecular weight excluding hydrogens is 504 g/mol. The molecule has 0 unspecified atom stereocenters. The van der Waals surface area contributed by atoms with Gasteiger partial charge in [-0.15, -0.1) is 0 Å². The predicted octanol–water partition coefficient (Wildman–Crippen LogP) is 1.32. The smallest absolute Gasteiger partial charge is 0.243 e. The molecule has 0 aliphatic carbocycles. The van der Waals surface area contributed by atoms with Crippen LogP contribution in [-0.4, -0.2) is 114 Å². The highest BCUT2D eigenvalue weighted by molar-refractivity contribution is 7.89. The van der Waals surface area contributed by atoms with E-state index >= 15 is 0 Å². The van der Waals surface area contributed by atoms with E-state index in [1.165, 1.54) is 0 Å². The number of hydrogen-bond acceptors (Lipinski definition) is 11. The van der Waals surface area contributed by atoms with Crippen LogP contribution in [0.1, 0.15) is 12.7 Å². The molecule has 0 amide bonds. The minimum atomic E-state index is -3.59. The second-order valence-electron chi connectivity index (χ2n) is 9.64. The van der Waals surface area contributed by atoms with Crippen molar-refractivity contribution in [3.8, 4) is 11.3 Å². The first-order valence-electron chi connectivity index (χ1n) is 12.9. The fourth-order valence-corrected chi connectivity index (χ4v) is 5.91. The summed E-state index contributed by atoms with van der Waals surface area (Å²) < 4.78 is 28.1. The van der Waals surface area contributed by atoms with Crippen LogP contribution in [0.5, 0.6) is 0 Å². The van der Waals surface area contributed by atoms with E-state index < -0.39 is 10.0 Å². The van der Waals surface area contributed by atoms with Gasteiger partial charge in [0.05, 0.1) is 10.6 Å². The molecule has 3 aromatic rings. The summed E-state index contributed by atoms with van der Waals surface area (Å²) in [6.07, 6.45) is 2.31. The molecular formula is C25H34N10O2S. The molecule has 2 fully saturated rings. The minimum absolute atomic E-state index is 0.259. The summed E-state index contributed by atoms with van der Waals surface area (Å²) in [6.45, 7) is 7.99. The lowest BCUT2D eigenvalue weighted by Crippen LogP contribution is -2.47. The molecule has 0 radical (unpaired) electrons. The Morgan fingerprint density at radius 2 is 1.55 bits per heavy atom. The van der Waals surface area contributed by atoms with Gasteiger partial charge in [0.2, 0.25) is 27.9 Å². The largest absolute Gasteiger partial charge is 0.338 e. The maximum absolute atomic E-state index is 13.3. The third-order valence-electron chi connectivity index (χ3n) is 6.88. The molecule has 1 aromatic carbocycles. The fraction of sp³-hybridized carbons (Fsp3) is 0.480. The zero-order valence-corrected chi connectivity index (χ0v) is 22.9. The van der Waals surface area contributed by atoms with Crippen molar-refractivity contribution in [2.24, 2.45) is 0 Å². The average molecular weight is 539 g/mol. The summed E-state index contributed by atoms with van der Waals surface area (Å²) >= 11 is 0. The second kappa shape index (κ2) is 11.2. The van der Waals surface area contributed by atoms with Gasteiger partial charge in [0.25, 0.3) is 0 Å². The van der Waals surface area contributed by atoms with Crippen LogP contribution in [0.15, 0.2) is 41.4 Å². The van der Waals surface area contributed by atoms with E-state index in [1.54, 1.807) is 34.8 Å². The number of anilines is 3. The van der Waals surface area contributed by atoms with Gasteiger partial charge >= 0.3 is 0 Å². The van der Waals surface area contributed by atoms with Crippen LogP contribution in [0.3, 0.4) is 0 Å². The Labute approximate surface area is 223 Å². The Kier molecular flexibility index (Phi) is 7.79. The first-order valence-corrected chi connectivity index (χ1v) is 14.3. The van der Waals surface area contributed by atoms with Gasteiger partial charge in [-0.2, -0.15) is 19.3 Å². The van der Waals surface area contributed by atoms with Crippen molar-refractivity contribution in [3.05, 3.63) is 42.4 Å². The van der Waals surface area contributed by atoms with Gasteiger partial charge in [0.1, 0.15) is 5.82 Å². The van der Waals surface area contributed by atoms with E-state index in [-0.39, 0.29) is 4.90 Å². The normalized spacial score (nSPS) is 18.0. The van der Waals surface area contributed by atoms with E-state index in [1.807, 2.05) is 20.0 Å². The third kappa shape index (κ3) is 5.90. The summed E-state index contributed by atoms with van der Waals surface area (Å²) in [7, 11) is 0.518. The Morgan fingerprint density at radius 1 is 0.842 bits per heavy atom. The highest BCUT2D eigenvalue weighted by Gasteiger charge is 2.27. The molecule has 0 saturated carbocycles. The second-order valence-corrected chi connectivity index (χ2v) is 11.6. The predicted molar refractivity (Wildman–Crippen MR) is 146 cm³/mol. The number of sulfonamides is 1. The molecule has 0 spiro atoms. The molecule has 13 heteroatoms. The van der Waals surface area contributed by atoms with E-state index in [9.17, 15) is 8.42 Å². The van der Waals surface area contributed by atoms with Gasteiger partial charge in [-0.3, -0.25) is 5.32 Å². The lowest BCUT2D eigenvalue weighted by molar-refractivity contribution is 0.222. The number of piperazine rings is 2. The third-order valence-corrected chi connectivity index (χ3v) is 8.78. The highest BCUT2D eigenvalue weighted by atomic mass is 32.2. The molecule has 0 atom stereocenters. The van der Waals surface area contributed by atoms with Crippen LogP contribution in [0, 0.1) is 0 Å². The Balaban J connectivity index is 1.37. The molecule has 5 rings (SSSR count). The van der Waals surface area contributed by atoms with Crippen molar-refractivity contribution in [2.75, 3.05) is 76.7 Å². The molecule has 2 aliphatic rings. The Bertz CT molecular complexity index is 1370. The van der Waals surface area contributed by atoms with Gasteiger partial charge < -0.3 is 14.7 Å². The summed E-state index contributed by atoms with van der Waals surface area (Å²) in [4.78, 5) is 29.6. The number of nitrogens with zero attached hydrogens (tertiary/aromatic N) is 9. The lowest BCUT2D eigenvalue weighted by atomic mass is 10.1. The zero-order valence-electron chi connectivity index (χ0n) is 22.1. The quantitative estimate of drug-likeness (QED) is 0.468. The van der Waals surface area contributed by atoms with Crippen molar-refractivity contribution in [1.29, 1.82) is 0 Å². The van der Waals surface area contributed by atoms with Crippen LogP contribution in [0.4, 0.5) is 17.8 Å². The molecule has 2 saturated heterocycles. The molecule has 38 heavy (non-hydrogen) atoms. The first-order chi connectivity index (χ1) is 18.3. The molecule has 1 N–H and O–H groups in total. The number of likely N-dealkylation sites (N-methyl/N-ethyl adjacent to an activating group) is 2. The first kappa shape index (κ1) is 26.4. The standard InChI is InChI=1S/C25H34N10O2S/c1-4-22-28-24(31-25(29-22)34-14-10-32(2)11-15-34)30-23-26-9-8-21(27-23)19-6-5-7-20(18-19)38(36,37)35-16-12-33(3)13-17-35/h5-9,18H,4,10-17H2,1-3H3,(H,26,27,28,29,30,31). The zero-order chi connectivity index (χ0) is 26.7. The van der Waals surface area contributed by atoms with Gasteiger partial charge in [-0.25, -0.2) is 18.4 Å². The SMILES string of the molecule is CCc1nc(Nc2nccc(-c3cccc(S(=O)(=O)N4CCN(C)CC4)c3)n2)nc(N2CCN(C)CC2)n1. The number of rotatable bonds is 7. The maximum atomic E-state index is 13.3. The van der Waals surface area contributed by atoms with E-state index in [0.717, 1.165) is 26.2 Å². The summed E-state index contributed by atoms with van der Waals surface area (Å²) in [5.41, 5.74) is 1.29. The average Bonchev–Trinajstić information content (AvgIpc) is 2.94. The van der Waals surface area contributed by atoms with Crippen molar-refractivity contribution < 1.29 is 8.42 Å². The Hall–Kier alpha value is -3.26. The minimum Gasteiger partial charge on any atom is -0.338 e. The molecule has 4 heterocycles. The summed E-state index contributed by atoms with van der Waals surface area (Å²) in [5, 5.41) is 3.13. The van der Waals surface area contributed by atoms with E-state index in [0.29, 0.717) is 67.5 Å². The van der Waals surface area contributed by atoms with Crippen LogP contribution in [0.2, 0.25) is 0 Å². The summed E-state index contributed by atoms with van der Waals surface area (Å²) in [5.74, 6) is 2.04. The molecule has 202 valence electrons. The van der Waals surface area contributed by atoms with Gasteiger partial charge in [-0.1, -0.05) is 19.1 Å². The number of aromatic nitrogens is 5. The van der Waals surface area contributed by atoms with Gasteiger partial charge in [0.15, 0.2) is 0 Å². The summed E-state index contributed by atoms with van der Waals surface area (Å²) in [6, 6.07) is 8.65. The Morgan fingerprint density at radius 3 is 2.26 bits per heavy atom. The topological polar surface area (TPSA) is 124 Å². The molecule has 0 bridgehead atoms. The highest BCUT2D eigenvalue weighted by Crippen LogP contribution is 2.25. The van der Waals surface area contributed by atoms with Gasteiger partial charge in [-0.05, 0) is 32.3 Å². The van der Waals surface area contributed by atoms with Crippen molar-refractivity contribution >= 4 is 27.9 Å². The van der Waals surface area contributed by atoms with Crippen molar-refractivity contribution in [1.82, 2.24) is 39.0 Å². The van der Waals surface area contributed by atoms with Crippen molar-refractivity contribution in [3.63, 3.8) is 0 Å². The van der Waals surface area contributed by atoms with E-state index in [4.69, 9.17) is 0 Å². The lowest BCUT2D eigenvalue weighted by Gasteiger charge is -2.32. The van der Waals surface area contributed by atoms with Crippen LogP contribution in [0.25, 0.3) is 11.3 Å². The number of hydrogen-bond donors (Lipinski definition) is 1. The molecule has 12 nitrogen and oxygen atoms in total.